The molecule has 0 radical (unpaired) electrons. The molecule has 1 aromatic carbocycles. The highest BCUT2D eigenvalue weighted by atomic mass is 16.5. The molecule has 4 nitrogen and oxygen atoms in total. The van der Waals surface area contributed by atoms with Gasteiger partial charge in [0, 0.05) is 17.8 Å². The number of nitrogens with one attached hydrogen (secondary N) is 1. The number of aliphatic hydroxyl groups excluding tert-OH is 1. The van der Waals surface area contributed by atoms with E-state index in [0.717, 1.165) is 5.69 Å². The van der Waals surface area contributed by atoms with Crippen LogP contribution in [-0.2, 0) is 0 Å². The van der Waals surface area contributed by atoms with Crippen molar-refractivity contribution in [1.29, 1.82) is 0 Å². The minimum absolute atomic E-state index is 0.00532. The van der Waals surface area contributed by atoms with E-state index >= 15 is 0 Å². The van der Waals surface area contributed by atoms with Crippen LogP contribution >= 0.6 is 0 Å². The van der Waals surface area contributed by atoms with Crippen molar-refractivity contribution in [3.8, 4) is 11.5 Å². The van der Waals surface area contributed by atoms with Crippen molar-refractivity contribution in [3.05, 3.63) is 18.2 Å². The first kappa shape index (κ1) is 17.6. The number of methoxy groups -OCH3 is 1. The molecule has 0 aromatic heterocycles. The molecule has 0 spiro atoms. The van der Waals surface area contributed by atoms with Gasteiger partial charge in [0.2, 0.25) is 0 Å². The van der Waals surface area contributed by atoms with Crippen LogP contribution in [0, 0.1) is 0 Å². The van der Waals surface area contributed by atoms with Crippen LogP contribution in [0.15, 0.2) is 18.2 Å². The Labute approximate surface area is 128 Å². The minimum atomic E-state index is -0.00532. The number of benzene rings is 1. The Morgan fingerprint density at radius 3 is 2.67 bits per heavy atom. The summed E-state index contributed by atoms with van der Waals surface area (Å²) >= 11 is 0. The molecule has 21 heavy (non-hydrogen) atoms. The highest BCUT2D eigenvalue weighted by Crippen LogP contribution is 2.30. The summed E-state index contributed by atoms with van der Waals surface area (Å²) in [5.41, 5.74) is 1.02. The first-order valence-corrected chi connectivity index (χ1v) is 7.89. The van der Waals surface area contributed by atoms with E-state index in [-0.39, 0.29) is 13.2 Å². The van der Waals surface area contributed by atoms with E-state index in [1.54, 1.807) is 7.11 Å². The van der Waals surface area contributed by atoms with Crippen molar-refractivity contribution in [2.45, 2.75) is 52.0 Å². The van der Waals surface area contributed by atoms with E-state index in [1.807, 2.05) is 18.2 Å². The van der Waals surface area contributed by atoms with Crippen LogP contribution in [0.25, 0.3) is 0 Å². The second-order valence-corrected chi connectivity index (χ2v) is 5.33. The zero-order chi connectivity index (χ0) is 15.5. The number of aliphatic hydroxyl groups is 1. The van der Waals surface area contributed by atoms with Gasteiger partial charge in [-0.05, 0) is 25.5 Å². The van der Waals surface area contributed by atoms with E-state index < -0.39 is 0 Å². The average molecular weight is 295 g/mol. The van der Waals surface area contributed by atoms with Crippen molar-refractivity contribution in [2.75, 3.05) is 25.6 Å². The van der Waals surface area contributed by atoms with Crippen LogP contribution in [0.4, 0.5) is 5.69 Å². The van der Waals surface area contributed by atoms with Crippen LogP contribution in [0.1, 0.15) is 46.0 Å². The highest BCUT2D eigenvalue weighted by Gasteiger charge is 2.08. The molecule has 120 valence electrons. The number of unbranched alkanes of at least 4 members (excludes halogenated alkanes) is 3. The lowest BCUT2D eigenvalue weighted by Crippen LogP contribution is -2.15. The lowest BCUT2D eigenvalue weighted by molar-refractivity contribution is 0.196. The molecular weight excluding hydrogens is 266 g/mol. The molecule has 1 rings (SSSR count). The first-order chi connectivity index (χ1) is 10.2. The maximum Gasteiger partial charge on any atom is 0.163 e. The van der Waals surface area contributed by atoms with Crippen molar-refractivity contribution < 1.29 is 14.6 Å². The summed E-state index contributed by atoms with van der Waals surface area (Å²) in [5.74, 6) is 1.35. The van der Waals surface area contributed by atoms with Gasteiger partial charge >= 0.3 is 0 Å². The van der Waals surface area contributed by atoms with Gasteiger partial charge in [-0.15, -0.1) is 0 Å². The normalized spacial score (nSPS) is 12.0. The van der Waals surface area contributed by atoms with Gasteiger partial charge < -0.3 is 19.9 Å². The summed E-state index contributed by atoms with van der Waals surface area (Å²) in [5, 5.41) is 12.4. The van der Waals surface area contributed by atoms with Crippen LogP contribution in [0.2, 0.25) is 0 Å². The molecule has 0 aliphatic carbocycles. The molecule has 1 unspecified atom stereocenters. The van der Waals surface area contributed by atoms with Crippen molar-refractivity contribution in [2.24, 2.45) is 0 Å². The lowest BCUT2D eigenvalue weighted by atomic mass is 10.1. The van der Waals surface area contributed by atoms with Crippen molar-refractivity contribution in [1.82, 2.24) is 0 Å². The molecule has 0 heterocycles. The fraction of sp³-hybridized carbons (Fsp3) is 0.647. The Balaban J connectivity index is 2.53. The minimum Gasteiger partial charge on any atom is -0.493 e. The van der Waals surface area contributed by atoms with Crippen LogP contribution in [-0.4, -0.2) is 31.5 Å². The second kappa shape index (κ2) is 10.3. The van der Waals surface area contributed by atoms with Gasteiger partial charge in [-0.25, -0.2) is 0 Å². The third-order valence-electron chi connectivity index (χ3n) is 3.42. The predicted octanol–water partition coefficient (Wildman–Crippen LogP) is 3.84. The maximum absolute atomic E-state index is 8.87. The fourth-order valence-electron chi connectivity index (χ4n) is 2.27. The number of anilines is 1. The van der Waals surface area contributed by atoms with Crippen LogP contribution in [0.5, 0.6) is 11.5 Å². The largest absolute Gasteiger partial charge is 0.493 e. The Kier molecular flexibility index (Phi) is 8.67. The van der Waals surface area contributed by atoms with Gasteiger partial charge in [0.25, 0.3) is 0 Å². The Bertz CT molecular complexity index is 396. The number of ether oxygens (including phenoxy) is 2. The fourth-order valence-corrected chi connectivity index (χ4v) is 2.27. The molecule has 0 bridgehead atoms. The van der Waals surface area contributed by atoms with Gasteiger partial charge in [-0.3, -0.25) is 0 Å². The SMILES string of the molecule is CCCCCCC(C)Nc1ccc(OC)c(OCCO)c1. The Morgan fingerprint density at radius 1 is 1.19 bits per heavy atom. The van der Waals surface area contributed by atoms with Crippen molar-refractivity contribution in [3.63, 3.8) is 0 Å². The summed E-state index contributed by atoms with van der Waals surface area (Å²) in [6.07, 6.45) is 6.31. The lowest BCUT2D eigenvalue weighted by Gasteiger charge is -2.17. The third kappa shape index (κ3) is 6.71. The number of rotatable bonds is 11. The Hall–Kier alpha value is -1.42. The predicted molar refractivity (Wildman–Crippen MR) is 87.4 cm³/mol. The zero-order valence-corrected chi connectivity index (χ0v) is 13.5. The van der Waals surface area contributed by atoms with E-state index in [9.17, 15) is 0 Å². The summed E-state index contributed by atoms with van der Waals surface area (Å²) in [6.45, 7) is 4.69. The quantitative estimate of drug-likeness (QED) is 0.609. The van der Waals surface area contributed by atoms with Crippen LogP contribution in [0.3, 0.4) is 0 Å². The first-order valence-electron chi connectivity index (χ1n) is 7.89. The molecule has 2 N–H and O–H groups in total. The molecule has 0 saturated heterocycles. The molecular formula is C17H29NO3. The molecule has 0 fully saturated rings. The summed E-state index contributed by atoms with van der Waals surface area (Å²) in [6, 6.07) is 6.24. The summed E-state index contributed by atoms with van der Waals surface area (Å²) < 4.78 is 10.8. The molecule has 1 aromatic rings. The topological polar surface area (TPSA) is 50.7 Å². The zero-order valence-electron chi connectivity index (χ0n) is 13.5. The second-order valence-electron chi connectivity index (χ2n) is 5.33. The molecule has 0 amide bonds. The molecule has 0 aliphatic rings. The molecule has 4 heteroatoms. The van der Waals surface area contributed by atoms with Gasteiger partial charge in [-0.1, -0.05) is 32.6 Å². The van der Waals surface area contributed by atoms with Crippen molar-refractivity contribution >= 4 is 5.69 Å². The average Bonchev–Trinajstić information content (AvgIpc) is 2.49. The van der Waals surface area contributed by atoms with E-state index in [4.69, 9.17) is 14.6 Å². The van der Waals surface area contributed by atoms with Gasteiger partial charge in [0.05, 0.1) is 13.7 Å². The highest BCUT2D eigenvalue weighted by molar-refractivity contribution is 5.55. The smallest absolute Gasteiger partial charge is 0.163 e. The monoisotopic (exact) mass is 295 g/mol. The molecule has 0 saturated carbocycles. The summed E-state index contributed by atoms with van der Waals surface area (Å²) in [7, 11) is 1.62. The van der Waals surface area contributed by atoms with E-state index in [2.05, 4.69) is 19.2 Å². The van der Waals surface area contributed by atoms with Gasteiger partial charge in [-0.2, -0.15) is 0 Å². The summed E-state index contributed by atoms with van der Waals surface area (Å²) in [4.78, 5) is 0. The van der Waals surface area contributed by atoms with E-state index in [1.165, 1.54) is 32.1 Å². The van der Waals surface area contributed by atoms with Crippen LogP contribution < -0.4 is 14.8 Å². The number of hydrogen-bond acceptors (Lipinski definition) is 4. The molecule has 0 aliphatic heterocycles. The third-order valence-corrected chi connectivity index (χ3v) is 3.42. The molecule has 1 atom stereocenters. The number of hydrogen-bond donors (Lipinski definition) is 2. The van der Waals surface area contributed by atoms with Gasteiger partial charge in [0.1, 0.15) is 6.61 Å². The standard InChI is InChI=1S/C17H29NO3/c1-4-5-6-7-8-14(2)18-15-9-10-16(20-3)17(13-15)21-12-11-19/h9-10,13-14,18-19H,4-8,11-12H2,1-3H3. The van der Waals surface area contributed by atoms with E-state index in [0.29, 0.717) is 17.5 Å². The maximum atomic E-state index is 8.87. The van der Waals surface area contributed by atoms with Gasteiger partial charge in [0.15, 0.2) is 11.5 Å². The Morgan fingerprint density at radius 2 is 2.00 bits per heavy atom.